The Morgan fingerprint density at radius 1 is 1.09 bits per heavy atom. The molecule has 1 aliphatic rings. The van der Waals surface area contributed by atoms with Gasteiger partial charge in [0.2, 0.25) is 0 Å². The molecule has 0 bridgehead atoms. The lowest BCUT2D eigenvalue weighted by Crippen LogP contribution is -2.24. The van der Waals surface area contributed by atoms with Gasteiger partial charge in [-0.2, -0.15) is 0 Å². The predicted molar refractivity (Wildman–Crippen MR) is 93.5 cm³/mol. The molecular weight excluding hydrogens is 312 g/mol. The van der Waals surface area contributed by atoms with E-state index in [2.05, 4.69) is 10.2 Å². The van der Waals surface area contributed by atoms with Crippen molar-refractivity contribution in [1.82, 2.24) is 0 Å². The number of para-hydroxylation sites is 2. The molecule has 1 N–H and O–H groups in total. The smallest absolute Gasteiger partial charge is 0.262 e. The zero-order valence-electron chi connectivity index (χ0n) is 12.8. The van der Waals surface area contributed by atoms with Gasteiger partial charge in [0.15, 0.2) is 6.61 Å². The first-order valence-corrected chi connectivity index (χ1v) is 8.12. The third kappa shape index (κ3) is 4.17. The SMILES string of the molecule is O=C(COc1ccc(Cl)cc1)Nc1ccccc1N1CCCC1. The lowest BCUT2D eigenvalue weighted by Gasteiger charge is -2.21. The monoisotopic (exact) mass is 330 g/mol. The summed E-state index contributed by atoms with van der Waals surface area (Å²) in [6, 6.07) is 14.8. The number of amides is 1. The number of hydrogen-bond donors (Lipinski definition) is 1. The van der Waals surface area contributed by atoms with E-state index in [1.54, 1.807) is 24.3 Å². The Balaban J connectivity index is 1.60. The zero-order valence-corrected chi connectivity index (χ0v) is 13.6. The second-order valence-electron chi connectivity index (χ2n) is 5.50. The molecule has 3 rings (SSSR count). The first kappa shape index (κ1) is 15.7. The molecular formula is C18H19ClN2O2. The quantitative estimate of drug-likeness (QED) is 0.902. The van der Waals surface area contributed by atoms with Crippen LogP contribution in [0.25, 0.3) is 0 Å². The maximum absolute atomic E-state index is 12.1. The van der Waals surface area contributed by atoms with Gasteiger partial charge in [-0.1, -0.05) is 23.7 Å². The van der Waals surface area contributed by atoms with Crippen molar-refractivity contribution < 1.29 is 9.53 Å². The van der Waals surface area contributed by atoms with Crippen molar-refractivity contribution in [2.45, 2.75) is 12.8 Å². The number of nitrogens with zero attached hydrogens (tertiary/aromatic N) is 1. The number of benzene rings is 2. The largest absolute Gasteiger partial charge is 0.484 e. The van der Waals surface area contributed by atoms with Gasteiger partial charge < -0.3 is 15.0 Å². The Morgan fingerprint density at radius 3 is 2.52 bits per heavy atom. The van der Waals surface area contributed by atoms with Crippen LogP contribution in [0.5, 0.6) is 5.75 Å². The summed E-state index contributed by atoms with van der Waals surface area (Å²) in [5.41, 5.74) is 1.91. The summed E-state index contributed by atoms with van der Waals surface area (Å²) in [6.45, 7) is 2.04. The van der Waals surface area contributed by atoms with Crippen molar-refractivity contribution in [3.8, 4) is 5.75 Å². The van der Waals surface area contributed by atoms with E-state index in [-0.39, 0.29) is 12.5 Å². The second kappa shape index (κ2) is 7.38. The summed E-state index contributed by atoms with van der Waals surface area (Å²) in [5.74, 6) is 0.448. The van der Waals surface area contributed by atoms with Crippen LogP contribution in [0.2, 0.25) is 5.02 Å². The Morgan fingerprint density at radius 2 is 1.78 bits per heavy atom. The summed E-state index contributed by atoms with van der Waals surface area (Å²) < 4.78 is 5.48. The number of hydrogen-bond acceptors (Lipinski definition) is 3. The van der Waals surface area contributed by atoms with Gasteiger partial charge in [-0.15, -0.1) is 0 Å². The maximum atomic E-state index is 12.1. The third-order valence-corrected chi connectivity index (χ3v) is 4.06. The molecule has 0 aromatic heterocycles. The molecule has 2 aromatic carbocycles. The van der Waals surface area contributed by atoms with Gasteiger partial charge in [0.25, 0.3) is 5.91 Å². The average molecular weight is 331 g/mol. The molecule has 0 unspecified atom stereocenters. The number of anilines is 2. The molecule has 1 saturated heterocycles. The molecule has 1 amide bonds. The highest BCUT2D eigenvalue weighted by molar-refractivity contribution is 6.30. The standard InChI is InChI=1S/C18H19ClN2O2/c19-14-7-9-15(10-8-14)23-13-18(22)20-16-5-1-2-6-17(16)21-11-3-4-12-21/h1-2,5-10H,3-4,11-13H2,(H,20,22). The fourth-order valence-electron chi connectivity index (χ4n) is 2.68. The molecule has 23 heavy (non-hydrogen) atoms. The van der Waals surface area contributed by atoms with Gasteiger partial charge in [-0.25, -0.2) is 0 Å². The summed E-state index contributed by atoms with van der Waals surface area (Å²) in [6.07, 6.45) is 2.39. The van der Waals surface area contributed by atoms with E-state index < -0.39 is 0 Å². The van der Waals surface area contributed by atoms with Crippen molar-refractivity contribution in [2.24, 2.45) is 0 Å². The van der Waals surface area contributed by atoms with Crippen molar-refractivity contribution in [3.05, 3.63) is 53.6 Å². The van der Waals surface area contributed by atoms with Crippen molar-refractivity contribution in [2.75, 3.05) is 29.9 Å². The number of halogens is 1. The molecule has 1 fully saturated rings. The van der Waals surface area contributed by atoms with E-state index in [4.69, 9.17) is 16.3 Å². The summed E-state index contributed by atoms with van der Waals surface area (Å²) in [4.78, 5) is 14.4. The number of nitrogens with one attached hydrogen (secondary N) is 1. The second-order valence-corrected chi connectivity index (χ2v) is 5.94. The minimum atomic E-state index is -0.174. The number of rotatable bonds is 5. The van der Waals surface area contributed by atoms with Gasteiger partial charge in [-0.3, -0.25) is 4.79 Å². The Kier molecular flexibility index (Phi) is 5.03. The average Bonchev–Trinajstić information content (AvgIpc) is 3.09. The molecule has 2 aromatic rings. The number of ether oxygens (including phenoxy) is 1. The number of carbonyl (C=O) groups is 1. The zero-order chi connectivity index (χ0) is 16.1. The maximum Gasteiger partial charge on any atom is 0.262 e. The lowest BCUT2D eigenvalue weighted by molar-refractivity contribution is -0.118. The summed E-state index contributed by atoms with van der Waals surface area (Å²) in [7, 11) is 0. The summed E-state index contributed by atoms with van der Waals surface area (Å²) in [5, 5.41) is 3.58. The Hall–Kier alpha value is -2.20. The fraction of sp³-hybridized carbons (Fsp3) is 0.278. The first-order chi connectivity index (χ1) is 11.2. The van der Waals surface area contributed by atoms with Gasteiger partial charge in [0.05, 0.1) is 11.4 Å². The molecule has 0 saturated carbocycles. The van der Waals surface area contributed by atoms with Gasteiger partial charge in [0, 0.05) is 18.1 Å². The van der Waals surface area contributed by atoms with E-state index in [1.807, 2.05) is 24.3 Å². The molecule has 0 aliphatic carbocycles. The van der Waals surface area contributed by atoms with Crippen LogP contribution in [0.1, 0.15) is 12.8 Å². The van der Waals surface area contributed by atoms with Crippen LogP contribution in [-0.2, 0) is 4.79 Å². The number of carbonyl (C=O) groups excluding carboxylic acids is 1. The van der Waals surface area contributed by atoms with Crippen LogP contribution in [-0.4, -0.2) is 25.6 Å². The molecule has 5 heteroatoms. The molecule has 0 spiro atoms. The Labute approximate surface area is 141 Å². The highest BCUT2D eigenvalue weighted by atomic mass is 35.5. The van der Waals surface area contributed by atoms with Crippen LogP contribution in [0.4, 0.5) is 11.4 Å². The normalized spacial score (nSPS) is 13.9. The van der Waals surface area contributed by atoms with Crippen molar-refractivity contribution >= 4 is 28.9 Å². The van der Waals surface area contributed by atoms with Crippen LogP contribution in [0.15, 0.2) is 48.5 Å². The van der Waals surface area contributed by atoms with E-state index in [0.717, 1.165) is 24.5 Å². The summed E-state index contributed by atoms with van der Waals surface area (Å²) >= 11 is 5.82. The van der Waals surface area contributed by atoms with Gasteiger partial charge in [0.1, 0.15) is 5.75 Å². The predicted octanol–water partition coefficient (Wildman–Crippen LogP) is 3.96. The third-order valence-electron chi connectivity index (χ3n) is 3.81. The molecule has 4 nitrogen and oxygen atoms in total. The van der Waals surface area contributed by atoms with E-state index in [9.17, 15) is 4.79 Å². The van der Waals surface area contributed by atoms with E-state index in [0.29, 0.717) is 10.8 Å². The molecule has 1 aliphatic heterocycles. The Bertz CT molecular complexity index is 667. The van der Waals surface area contributed by atoms with Crippen molar-refractivity contribution in [3.63, 3.8) is 0 Å². The fourth-order valence-corrected chi connectivity index (χ4v) is 2.81. The van der Waals surface area contributed by atoms with Gasteiger partial charge in [-0.05, 0) is 49.2 Å². The minimum absolute atomic E-state index is 0.0318. The van der Waals surface area contributed by atoms with E-state index >= 15 is 0 Å². The van der Waals surface area contributed by atoms with Crippen molar-refractivity contribution in [1.29, 1.82) is 0 Å². The highest BCUT2D eigenvalue weighted by Gasteiger charge is 2.16. The van der Waals surface area contributed by atoms with Gasteiger partial charge >= 0.3 is 0 Å². The molecule has 120 valence electrons. The molecule has 0 atom stereocenters. The highest BCUT2D eigenvalue weighted by Crippen LogP contribution is 2.28. The van der Waals surface area contributed by atoms with Crippen LogP contribution >= 0.6 is 11.6 Å². The first-order valence-electron chi connectivity index (χ1n) is 7.74. The molecule has 1 heterocycles. The van der Waals surface area contributed by atoms with Crippen LogP contribution < -0.4 is 15.0 Å². The lowest BCUT2D eigenvalue weighted by atomic mass is 10.2. The topological polar surface area (TPSA) is 41.6 Å². The van der Waals surface area contributed by atoms with E-state index in [1.165, 1.54) is 12.8 Å². The van der Waals surface area contributed by atoms with Crippen LogP contribution in [0.3, 0.4) is 0 Å². The van der Waals surface area contributed by atoms with Crippen LogP contribution in [0, 0.1) is 0 Å². The minimum Gasteiger partial charge on any atom is -0.484 e. The molecule has 0 radical (unpaired) electrons.